The molecule has 112 valence electrons. The average molecular weight is 286 g/mol. The number of hydrogen-bond acceptors (Lipinski definition) is 3. The Kier molecular flexibility index (Phi) is 3.83. The lowest BCUT2D eigenvalue weighted by atomic mass is 10.0. The fourth-order valence-electron chi connectivity index (χ4n) is 2.72. The molecule has 0 aliphatic carbocycles. The van der Waals surface area contributed by atoms with Gasteiger partial charge in [-0.3, -0.25) is 0 Å². The second-order valence-corrected chi connectivity index (χ2v) is 5.82. The SMILES string of the molecule is Cc1ccc(C2(CCn3ccnc3)OC(C)C(C)O2)cc1. The van der Waals surface area contributed by atoms with Gasteiger partial charge in [-0.2, -0.15) is 0 Å². The molecule has 2 unspecified atom stereocenters. The first-order valence-corrected chi connectivity index (χ1v) is 7.47. The topological polar surface area (TPSA) is 36.3 Å². The van der Waals surface area contributed by atoms with Crippen LogP contribution in [0.1, 0.15) is 31.4 Å². The van der Waals surface area contributed by atoms with Gasteiger partial charge in [-0.15, -0.1) is 0 Å². The van der Waals surface area contributed by atoms with Crippen LogP contribution in [0.5, 0.6) is 0 Å². The van der Waals surface area contributed by atoms with E-state index in [4.69, 9.17) is 9.47 Å². The Morgan fingerprint density at radius 1 is 1.14 bits per heavy atom. The summed E-state index contributed by atoms with van der Waals surface area (Å²) in [6.07, 6.45) is 6.53. The summed E-state index contributed by atoms with van der Waals surface area (Å²) < 4.78 is 14.5. The summed E-state index contributed by atoms with van der Waals surface area (Å²) in [6, 6.07) is 8.42. The van der Waals surface area contributed by atoms with Crippen molar-refractivity contribution in [1.82, 2.24) is 9.55 Å². The van der Waals surface area contributed by atoms with E-state index >= 15 is 0 Å². The van der Waals surface area contributed by atoms with Gasteiger partial charge >= 0.3 is 0 Å². The Morgan fingerprint density at radius 3 is 2.38 bits per heavy atom. The number of aryl methyl sites for hydroxylation is 2. The quantitative estimate of drug-likeness (QED) is 0.865. The molecular formula is C17H22N2O2. The lowest BCUT2D eigenvalue weighted by Gasteiger charge is -2.29. The Morgan fingerprint density at radius 2 is 1.81 bits per heavy atom. The van der Waals surface area contributed by atoms with Crippen LogP contribution in [0.2, 0.25) is 0 Å². The zero-order chi connectivity index (χ0) is 14.9. The minimum Gasteiger partial charge on any atom is -0.340 e. The first kappa shape index (κ1) is 14.3. The molecule has 2 heterocycles. The van der Waals surface area contributed by atoms with Gasteiger partial charge in [0.15, 0.2) is 5.79 Å². The molecule has 1 aromatic heterocycles. The van der Waals surface area contributed by atoms with Crippen LogP contribution in [-0.2, 0) is 21.8 Å². The third-order valence-corrected chi connectivity index (χ3v) is 4.16. The van der Waals surface area contributed by atoms with Crippen LogP contribution in [0.15, 0.2) is 43.0 Å². The summed E-state index contributed by atoms with van der Waals surface area (Å²) in [5.41, 5.74) is 2.33. The number of rotatable bonds is 4. The minimum atomic E-state index is -0.656. The molecule has 1 fully saturated rings. The summed E-state index contributed by atoms with van der Waals surface area (Å²) >= 11 is 0. The lowest BCUT2D eigenvalue weighted by Crippen LogP contribution is -2.29. The number of benzene rings is 1. The van der Waals surface area contributed by atoms with Crippen LogP contribution in [0.3, 0.4) is 0 Å². The van der Waals surface area contributed by atoms with Gasteiger partial charge in [-0.25, -0.2) is 4.98 Å². The Bertz CT molecular complexity index is 567. The number of nitrogens with zero attached hydrogens (tertiary/aromatic N) is 2. The molecule has 0 amide bonds. The van der Waals surface area contributed by atoms with E-state index in [0.29, 0.717) is 0 Å². The highest BCUT2D eigenvalue weighted by atomic mass is 16.8. The molecule has 1 aliphatic heterocycles. The van der Waals surface area contributed by atoms with Gasteiger partial charge < -0.3 is 14.0 Å². The molecule has 4 heteroatoms. The van der Waals surface area contributed by atoms with E-state index in [1.165, 1.54) is 5.56 Å². The molecule has 0 N–H and O–H groups in total. The van der Waals surface area contributed by atoms with E-state index in [9.17, 15) is 0 Å². The van der Waals surface area contributed by atoms with Crippen molar-refractivity contribution in [3.63, 3.8) is 0 Å². The molecule has 1 saturated heterocycles. The van der Waals surface area contributed by atoms with Crippen molar-refractivity contribution in [1.29, 1.82) is 0 Å². The average Bonchev–Trinajstić information content (AvgIpc) is 3.07. The van der Waals surface area contributed by atoms with Gasteiger partial charge in [0, 0.05) is 30.9 Å². The smallest absolute Gasteiger partial charge is 0.197 e. The van der Waals surface area contributed by atoms with E-state index in [0.717, 1.165) is 18.5 Å². The summed E-state index contributed by atoms with van der Waals surface area (Å²) in [5.74, 6) is -0.656. The van der Waals surface area contributed by atoms with Crippen LogP contribution in [0.4, 0.5) is 0 Å². The van der Waals surface area contributed by atoms with Crippen molar-refractivity contribution >= 4 is 0 Å². The highest BCUT2D eigenvalue weighted by Crippen LogP contribution is 2.40. The minimum absolute atomic E-state index is 0.0918. The summed E-state index contributed by atoms with van der Waals surface area (Å²) in [5, 5.41) is 0. The van der Waals surface area contributed by atoms with Crippen molar-refractivity contribution in [2.45, 2.75) is 51.7 Å². The second-order valence-electron chi connectivity index (χ2n) is 5.82. The normalized spacial score (nSPS) is 28.9. The maximum Gasteiger partial charge on any atom is 0.197 e. The van der Waals surface area contributed by atoms with Crippen LogP contribution in [0, 0.1) is 6.92 Å². The predicted octanol–water partition coefficient (Wildman–Crippen LogP) is 3.26. The Labute approximate surface area is 125 Å². The Hall–Kier alpha value is -1.65. The number of imidazole rings is 1. The fourth-order valence-corrected chi connectivity index (χ4v) is 2.72. The summed E-state index contributed by atoms with van der Waals surface area (Å²) in [4.78, 5) is 4.09. The van der Waals surface area contributed by atoms with Gasteiger partial charge in [0.2, 0.25) is 0 Å². The van der Waals surface area contributed by atoms with Gasteiger partial charge in [0.1, 0.15) is 0 Å². The molecule has 1 aromatic carbocycles. The van der Waals surface area contributed by atoms with E-state index in [1.54, 1.807) is 6.20 Å². The van der Waals surface area contributed by atoms with Crippen molar-refractivity contribution in [2.24, 2.45) is 0 Å². The van der Waals surface area contributed by atoms with Crippen molar-refractivity contribution in [3.8, 4) is 0 Å². The fraction of sp³-hybridized carbons (Fsp3) is 0.471. The molecule has 0 radical (unpaired) electrons. The van der Waals surface area contributed by atoms with Crippen LogP contribution < -0.4 is 0 Å². The second kappa shape index (κ2) is 5.62. The summed E-state index contributed by atoms with van der Waals surface area (Å²) in [7, 11) is 0. The zero-order valence-corrected chi connectivity index (χ0v) is 12.8. The highest BCUT2D eigenvalue weighted by Gasteiger charge is 2.45. The zero-order valence-electron chi connectivity index (χ0n) is 12.8. The highest BCUT2D eigenvalue weighted by molar-refractivity contribution is 5.26. The first-order valence-electron chi connectivity index (χ1n) is 7.47. The molecule has 0 spiro atoms. The maximum absolute atomic E-state index is 6.23. The van der Waals surface area contributed by atoms with Crippen LogP contribution in [0.25, 0.3) is 0 Å². The van der Waals surface area contributed by atoms with Crippen molar-refractivity contribution in [3.05, 3.63) is 54.1 Å². The predicted molar refractivity (Wildman–Crippen MR) is 80.8 cm³/mol. The van der Waals surface area contributed by atoms with Crippen molar-refractivity contribution < 1.29 is 9.47 Å². The number of ether oxygens (including phenoxy) is 2. The van der Waals surface area contributed by atoms with Crippen LogP contribution in [-0.4, -0.2) is 21.8 Å². The van der Waals surface area contributed by atoms with E-state index in [2.05, 4.69) is 54.6 Å². The Balaban J connectivity index is 1.86. The molecule has 21 heavy (non-hydrogen) atoms. The summed E-state index contributed by atoms with van der Waals surface area (Å²) in [6.45, 7) is 7.03. The molecule has 2 atom stereocenters. The number of aromatic nitrogens is 2. The largest absolute Gasteiger partial charge is 0.340 e. The van der Waals surface area contributed by atoms with Crippen molar-refractivity contribution in [2.75, 3.05) is 0 Å². The van der Waals surface area contributed by atoms with Gasteiger partial charge in [0.05, 0.1) is 18.5 Å². The molecule has 3 rings (SSSR count). The maximum atomic E-state index is 6.23. The molecule has 1 aliphatic rings. The van der Waals surface area contributed by atoms with E-state index in [1.807, 2.05) is 12.5 Å². The molecule has 4 nitrogen and oxygen atoms in total. The van der Waals surface area contributed by atoms with E-state index < -0.39 is 5.79 Å². The van der Waals surface area contributed by atoms with Crippen LogP contribution >= 0.6 is 0 Å². The standard InChI is InChI=1S/C17H22N2O2/c1-13-4-6-16(7-5-13)17(20-14(2)15(3)21-17)8-10-19-11-9-18-12-19/h4-7,9,11-12,14-15H,8,10H2,1-3H3. The molecule has 0 bridgehead atoms. The first-order chi connectivity index (χ1) is 10.1. The molecular weight excluding hydrogens is 264 g/mol. The third-order valence-electron chi connectivity index (χ3n) is 4.16. The van der Waals surface area contributed by atoms with Gasteiger partial charge in [-0.05, 0) is 20.8 Å². The molecule has 2 aromatic rings. The third kappa shape index (κ3) is 2.87. The molecule has 0 saturated carbocycles. The number of hydrogen-bond donors (Lipinski definition) is 0. The van der Waals surface area contributed by atoms with E-state index in [-0.39, 0.29) is 12.2 Å². The van der Waals surface area contributed by atoms with Gasteiger partial charge in [-0.1, -0.05) is 29.8 Å². The lowest BCUT2D eigenvalue weighted by molar-refractivity contribution is -0.188. The monoisotopic (exact) mass is 286 g/mol. The van der Waals surface area contributed by atoms with Gasteiger partial charge in [0.25, 0.3) is 0 Å².